The summed E-state index contributed by atoms with van der Waals surface area (Å²) in [5.41, 5.74) is 6.51. The molecule has 1 saturated heterocycles. The molecule has 3 nitrogen and oxygen atoms in total. The van der Waals surface area contributed by atoms with Gasteiger partial charge in [-0.1, -0.05) is 18.3 Å². The highest BCUT2D eigenvalue weighted by Crippen LogP contribution is 2.38. The predicted molar refractivity (Wildman–Crippen MR) is 86.4 cm³/mol. The van der Waals surface area contributed by atoms with Crippen LogP contribution in [0.1, 0.15) is 52.2 Å². The fourth-order valence-electron chi connectivity index (χ4n) is 3.69. The Kier molecular flexibility index (Phi) is 4.32. The number of nitrogens with zero attached hydrogens (tertiary/aromatic N) is 1. The fourth-order valence-corrected chi connectivity index (χ4v) is 4.69. The molecule has 2 fully saturated rings. The molecule has 1 amide bonds. The van der Waals surface area contributed by atoms with Crippen LogP contribution in [0.3, 0.4) is 0 Å². The topological polar surface area (TPSA) is 46.3 Å². The van der Waals surface area contributed by atoms with Crippen molar-refractivity contribution in [1.82, 2.24) is 4.90 Å². The number of rotatable bonds is 1. The van der Waals surface area contributed by atoms with Gasteiger partial charge < -0.3 is 10.6 Å². The second-order valence-corrected chi connectivity index (χ2v) is 7.08. The second-order valence-electron chi connectivity index (χ2n) is 6.03. The third kappa shape index (κ3) is 2.86. The zero-order chi connectivity index (χ0) is 14.8. The lowest BCUT2D eigenvalue weighted by atomic mass is 9.92. The molecule has 1 aromatic heterocycles. The number of fused-ring (bicyclic) bond motifs is 1. The summed E-state index contributed by atoms with van der Waals surface area (Å²) in [7, 11) is 0. The number of hydrogen-bond donors (Lipinski definition) is 1. The lowest BCUT2D eigenvalue weighted by molar-refractivity contribution is 0.0553. The number of aryl methyl sites for hydroxylation is 1. The molecule has 1 aliphatic heterocycles. The summed E-state index contributed by atoms with van der Waals surface area (Å²) in [6.45, 7) is 3.29. The van der Waals surface area contributed by atoms with Gasteiger partial charge in [0.15, 0.2) is 0 Å². The van der Waals surface area contributed by atoms with Crippen molar-refractivity contribution in [3.8, 4) is 11.8 Å². The number of thiophene rings is 1. The van der Waals surface area contributed by atoms with E-state index in [0.717, 1.165) is 34.2 Å². The summed E-state index contributed by atoms with van der Waals surface area (Å²) in [6, 6.07) is 2.47. The van der Waals surface area contributed by atoms with Crippen LogP contribution in [0.15, 0.2) is 6.07 Å². The molecule has 1 aromatic rings. The maximum Gasteiger partial charge on any atom is 0.264 e. The van der Waals surface area contributed by atoms with Gasteiger partial charge in [0, 0.05) is 12.6 Å². The minimum absolute atomic E-state index is 0.209. The first-order valence-corrected chi connectivity index (χ1v) is 8.62. The van der Waals surface area contributed by atoms with Crippen molar-refractivity contribution in [2.24, 2.45) is 11.7 Å². The SMILES string of the molecule is Cc1cc(C(=O)N2CCCC3CCCC32)sc1C#CCN. The summed E-state index contributed by atoms with van der Waals surface area (Å²) >= 11 is 1.51. The second kappa shape index (κ2) is 6.21. The van der Waals surface area contributed by atoms with Gasteiger partial charge in [-0.15, -0.1) is 11.3 Å². The van der Waals surface area contributed by atoms with Gasteiger partial charge in [-0.2, -0.15) is 0 Å². The van der Waals surface area contributed by atoms with Crippen molar-refractivity contribution in [3.63, 3.8) is 0 Å². The number of amides is 1. The number of likely N-dealkylation sites (tertiary alicyclic amines) is 1. The fraction of sp³-hybridized carbons (Fsp3) is 0.588. The normalized spacial score (nSPS) is 24.4. The Morgan fingerprint density at radius 2 is 2.24 bits per heavy atom. The van der Waals surface area contributed by atoms with E-state index in [2.05, 4.69) is 16.7 Å². The smallest absolute Gasteiger partial charge is 0.264 e. The van der Waals surface area contributed by atoms with E-state index in [1.165, 1.54) is 37.0 Å². The highest BCUT2D eigenvalue weighted by Gasteiger charge is 2.37. The summed E-state index contributed by atoms with van der Waals surface area (Å²) in [6.07, 6.45) is 6.20. The Morgan fingerprint density at radius 3 is 3.05 bits per heavy atom. The van der Waals surface area contributed by atoms with Crippen LogP contribution in [0.25, 0.3) is 0 Å². The lowest BCUT2D eigenvalue weighted by Gasteiger charge is -2.37. The van der Waals surface area contributed by atoms with Crippen LogP contribution >= 0.6 is 11.3 Å². The minimum Gasteiger partial charge on any atom is -0.335 e. The van der Waals surface area contributed by atoms with Gasteiger partial charge in [0.05, 0.1) is 16.3 Å². The van der Waals surface area contributed by atoms with Crippen molar-refractivity contribution in [2.45, 2.75) is 45.1 Å². The summed E-state index contributed by atoms with van der Waals surface area (Å²) in [4.78, 5) is 16.8. The van der Waals surface area contributed by atoms with Crippen molar-refractivity contribution in [1.29, 1.82) is 0 Å². The predicted octanol–water partition coefficient (Wildman–Crippen LogP) is 2.77. The summed E-state index contributed by atoms with van der Waals surface area (Å²) in [5.74, 6) is 6.89. The van der Waals surface area contributed by atoms with Gasteiger partial charge in [0.1, 0.15) is 0 Å². The molecular formula is C17H22N2OS. The van der Waals surface area contributed by atoms with Gasteiger partial charge in [-0.05, 0) is 50.2 Å². The van der Waals surface area contributed by atoms with Crippen LogP contribution in [0.2, 0.25) is 0 Å². The van der Waals surface area contributed by atoms with E-state index in [4.69, 9.17) is 5.73 Å². The highest BCUT2D eigenvalue weighted by molar-refractivity contribution is 7.14. The van der Waals surface area contributed by atoms with Crippen molar-refractivity contribution >= 4 is 17.2 Å². The first kappa shape index (κ1) is 14.6. The van der Waals surface area contributed by atoms with Crippen LogP contribution in [0.5, 0.6) is 0 Å². The molecular weight excluding hydrogens is 280 g/mol. The van der Waals surface area contributed by atoms with Crippen LogP contribution in [0, 0.1) is 24.7 Å². The molecule has 2 aliphatic rings. The van der Waals surface area contributed by atoms with Crippen LogP contribution in [0.4, 0.5) is 0 Å². The van der Waals surface area contributed by atoms with Crippen molar-refractivity contribution < 1.29 is 4.79 Å². The summed E-state index contributed by atoms with van der Waals surface area (Å²) < 4.78 is 0. The van der Waals surface area contributed by atoms with E-state index in [9.17, 15) is 4.79 Å². The zero-order valence-corrected chi connectivity index (χ0v) is 13.3. The largest absolute Gasteiger partial charge is 0.335 e. The average molecular weight is 302 g/mol. The summed E-state index contributed by atoms with van der Waals surface area (Å²) in [5, 5.41) is 0. The first-order valence-electron chi connectivity index (χ1n) is 7.81. The number of nitrogens with two attached hydrogens (primary N) is 1. The minimum atomic E-state index is 0.209. The monoisotopic (exact) mass is 302 g/mol. The average Bonchev–Trinajstić information content (AvgIpc) is 3.10. The molecule has 0 bridgehead atoms. The lowest BCUT2D eigenvalue weighted by Crippen LogP contribution is -2.45. The number of carbonyl (C=O) groups excluding carboxylic acids is 1. The van der Waals surface area contributed by atoms with E-state index in [0.29, 0.717) is 12.6 Å². The van der Waals surface area contributed by atoms with Gasteiger partial charge in [0.2, 0.25) is 0 Å². The highest BCUT2D eigenvalue weighted by atomic mass is 32.1. The first-order chi connectivity index (χ1) is 10.2. The van der Waals surface area contributed by atoms with E-state index >= 15 is 0 Å². The molecule has 112 valence electrons. The van der Waals surface area contributed by atoms with Crippen molar-refractivity contribution in [3.05, 3.63) is 21.4 Å². The van der Waals surface area contributed by atoms with E-state index in [1.807, 2.05) is 13.0 Å². The third-order valence-corrected chi connectivity index (χ3v) is 5.83. The molecule has 2 N–H and O–H groups in total. The zero-order valence-electron chi connectivity index (χ0n) is 12.5. The molecule has 21 heavy (non-hydrogen) atoms. The van der Waals surface area contributed by atoms with E-state index in [-0.39, 0.29) is 5.91 Å². The maximum absolute atomic E-state index is 12.8. The van der Waals surface area contributed by atoms with Gasteiger partial charge in [-0.25, -0.2) is 0 Å². The number of hydrogen-bond acceptors (Lipinski definition) is 3. The molecule has 1 aliphatic carbocycles. The molecule has 2 atom stereocenters. The third-order valence-electron chi connectivity index (χ3n) is 4.69. The molecule has 1 saturated carbocycles. The van der Waals surface area contributed by atoms with E-state index in [1.54, 1.807) is 0 Å². The molecule has 2 heterocycles. The van der Waals surface area contributed by atoms with Crippen LogP contribution < -0.4 is 5.73 Å². The Hall–Kier alpha value is -1.31. The molecule has 3 rings (SSSR count). The van der Waals surface area contributed by atoms with Gasteiger partial charge >= 0.3 is 0 Å². The molecule has 2 unspecified atom stereocenters. The van der Waals surface area contributed by atoms with Crippen molar-refractivity contribution in [2.75, 3.05) is 13.1 Å². The molecule has 0 radical (unpaired) electrons. The molecule has 0 aromatic carbocycles. The van der Waals surface area contributed by atoms with Crippen LogP contribution in [-0.2, 0) is 0 Å². The van der Waals surface area contributed by atoms with E-state index < -0.39 is 0 Å². The number of carbonyl (C=O) groups is 1. The standard InChI is InChI=1S/C17H22N2OS/c1-12-11-16(21-15(12)8-3-9-18)17(20)19-10-4-6-13-5-2-7-14(13)19/h11,13-14H,2,4-7,9-10,18H2,1H3. The quantitative estimate of drug-likeness (QED) is 0.811. The Morgan fingerprint density at radius 1 is 1.43 bits per heavy atom. The Bertz CT molecular complexity index is 596. The Labute approximate surface area is 130 Å². The molecule has 4 heteroatoms. The van der Waals surface area contributed by atoms with Gasteiger partial charge in [0.25, 0.3) is 5.91 Å². The van der Waals surface area contributed by atoms with Crippen LogP contribution in [-0.4, -0.2) is 29.9 Å². The Balaban J connectivity index is 1.81. The number of piperidine rings is 1. The maximum atomic E-state index is 12.8. The molecule has 0 spiro atoms. The van der Waals surface area contributed by atoms with Gasteiger partial charge in [-0.3, -0.25) is 4.79 Å².